The SMILES string of the molecule is CC(C(=O)Nc1ccc(NC(=O)c2cc(Cl)ccc2F)cc1)n1cncn1. The molecule has 0 spiro atoms. The van der Waals surface area contributed by atoms with E-state index in [1.807, 2.05) is 0 Å². The average molecular weight is 388 g/mol. The Balaban J connectivity index is 1.64. The number of hydrogen-bond donors (Lipinski definition) is 2. The lowest BCUT2D eigenvalue weighted by Crippen LogP contribution is -2.24. The molecule has 0 aliphatic heterocycles. The number of hydrogen-bond acceptors (Lipinski definition) is 4. The molecule has 138 valence electrons. The first-order valence-electron chi connectivity index (χ1n) is 7.95. The van der Waals surface area contributed by atoms with Gasteiger partial charge in [0.25, 0.3) is 5.91 Å². The fourth-order valence-electron chi connectivity index (χ4n) is 2.29. The summed E-state index contributed by atoms with van der Waals surface area (Å²) in [7, 11) is 0. The van der Waals surface area contributed by atoms with E-state index in [0.29, 0.717) is 11.4 Å². The Kier molecular flexibility index (Phi) is 5.46. The summed E-state index contributed by atoms with van der Waals surface area (Å²) in [6.07, 6.45) is 2.81. The molecule has 3 rings (SSSR count). The van der Waals surface area contributed by atoms with Crippen LogP contribution in [0.25, 0.3) is 0 Å². The van der Waals surface area contributed by atoms with Gasteiger partial charge in [-0.1, -0.05) is 11.6 Å². The van der Waals surface area contributed by atoms with Gasteiger partial charge in [-0.15, -0.1) is 0 Å². The topological polar surface area (TPSA) is 88.9 Å². The van der Waals surface area contributed by atoms with Crippen LogP contribution in [0.2, 0.25) is 5.02 Å². The molecule has 0 fully saturated rings. The number of amides is 2. The first kappa shape index (κ1) is 18.5. The van der Waals surface area contributed by atoms with Crippen molar-refractivity contribution in [3.05, 3.63) is 71.5 Å². The smallest absolute Gasteiger partial charge is 0.258 e. The Bertz CT molecular complexity index is 960. The van der Waals surface area contributed by atoms with Gasteiger partial charge in [-0.3, -0.25) is 9.59 Å². The van der Waals surface area contributed by atoms with Crippen molar-refractivity contribution in [1.82, 2.24) is 14.8 Å². The van der Waals surface area contributed by atoms with E-state index in [2.05, 4.69) is 20.7 Å². The average Bonchev–Trinajstić information content (AvgIpc) is 3.19. The second-order valence-corrected chi connectivity index (χ2v) is 6.13. The Morgan fingerprint density at radius 2 is 1.78 bits per heavy atom. The first-order valence-corrected chi connectivity index (χ1v) is 8.33. The van der Waals surface area contributed by atoms with Crippen LogP contribution in [0.15, 0.2) is 55.1 Å². The van der Waals surface area contributed by atoms with E-state index in [-0.39, 0.29) is 16.5 Å². The largest absolute Gasteiger partial charge is 0.324 e. The zero-order valence-corrected chi connectivity index (χ0v) is 14.9. The van der Waals surface area contributed by atoms with Gasteiger partial charge in [-0.05, 0) is 49.4 Å². The van der Waals surface area contributed by atoms with Gasteiger partial charge in [-0.2, -0.15) is 5.10 Å². The quantitative estimate of drug-likeness (QED) is 0.701. The summed E-state index contributed by atoms with van der Waals surface area (Å²) in [5, 5.41) is 9.51. The molecule has 1 aromatic heterocycles. The van der Waals surface area contributed by atoms with Gasteiger partial charge in [-0.25, -0.2) is 14.1 Å². The maximum absolute atomic E-state index is 13.7. The normalized spacial score (nSPS) is 11.7. The van der Waals surface area contributed by atoms with Crippen LogP contribution in [0, 0.1) is 5.82 Å². The number of carbonyl (C=O) groups excluding carboxylic acids is 2. The third-order valence-corrected chi connectivity index (χ3v) is 4.03. The zero-order valence-electron chi connectivity index (χ0n) is 14.2. The van der Waals surface area contributed by atoms with E-state index in [0.717, 1.165) is 6.07 Å². The molecule has 1 heterocycles. The van der Waals surface area contributed by atoms with Crippen molar-refractivity contribution in [3.63, 3.8) is 0 Å². The molecular weight excluding hydrogens is 373 g/mol. The van der Waals surface area contributed by atoms with Crippen LogP contribution in [-0.2, 0) is 4.79 Å². The lowest BCUT2D eigenvalue weighted by Gasteiger charge is -2.12. The highest BCUT2D eigenvalue weighted by atomic mass is 35.5. The monoisotopic (exact) mass is 387 g/mol. The molecule has 9 heteroatoms. The zero-order chi connectivity index (χ0) is 19.4. The first-order chi connectivity index (χ1) is 12.9. The van der Waals surface area contributed by atoms with Gasteiger partial charge in [0.15, 0.2) is 0 Å². The summed E-state index contributed by atoms with van der Waals surface area (Å²) in [5.41, 5.74) is 0.835. The number of anilines is 2. The lowest BCUT2D eigenvalue weighted by atomic mass is 10.2. The molecule has 3 aromatic rings. The van der Waals surface area contributed by atoms with E-state index < -0.39 is 17.8 Å². The molecule has 2 amide bonds. The van der Waals surface area contributed by atoms with Crippen molar-refractivity contribution in [1.29, 1.82) is 0 Å². The minimum absolute atomic E-state index is 0.151. The third-order valence-electron chi connectivity index (χ3n) is 3.80. The molecule has 1 unspecified atom stereocenters. The van der Waals surface area contributed by atoms with Crippen LogP contribution < -0.4 is 10.6 Å². The van der Waals surface area contributed by atoms with Crippen molar-refractivity contribution < 1.29 is 14.0 Å². The minimum atomic E-state index is -0.664. The minimum Gasteiger partial charge on any atom is -0.324 e. The lowest BCUT2D eigenvalue weighted by molar-refractivity contribution is -0.119. The van der Waals surface area contributed by atoms with Crippen LogP contribution >= 0.6 is 11.6 Å². The molecule has 2 N–H and O–H groups in total. The van der Waals surface area contributed by atoms with Crippen LogP contribution in [0.5, 0.6) is 0 Å². The second-order valence-electron chi connectivity index (χ2n) is 5.70. The Morgan fingerprint density at radius 1 is 1.11 bits per heavy atom. The fraction of sp³-hybridized carbons (Fsp3) is 0.111. The van der Waals surface area contributed by atoms with Gasteiger partial charge >= 0.3 is 0 Å². The molecule has 2 aromatic carbocycles. The van der Waals surface area contributed by atoms with Gasteiger partial charge in [0.2, 0.25) is 5.91 Å². The van der Waals surface area contributed by atoms with Crippen LogP contribution in [0.1, 0.15) is 23.3 Å². The van der Waals surface area contributed by atoms with Crippen molar-refractivity contribution in [2.24, 2.45) is 0 Å². The van der Waals surface area contributed by atoms with E-state index >= 15 is 0 Å². The molecule has 0 bridgehead atoms. The number of aromatic nitrogens is 3. The number of halogens is 2. The van der Waals surface area contributed by atoms with Gasteiger partial charge in [0.05, 0.1) is 5.56 Å². The van der Waals surface area contributed by atoms with Crippen LogP contribution in [-0.4, -0.2) is 26.6 Å². The highest BCUT2D eigenvalue weighted by Gasteiger charge is 2.16. The molecule has 0 saturated heterocycles. The van der Waals surface area contributed by atoms with Crippen molar-refractivity contribution in [2.75, 3.05) is 10.6 Å². The number of rotatable bonds is 5. The Hall–Kier alpha value is -3.26. The second kappa shape index (κ2) is 7.96. The summed E-state index contributed by atoms with van der Waals surface area (Å²) < 4.78 is 15.2. The number of nitrogens with zero attached hydrogens (tertiary/aromatic N) is 3. The third kappa shape index (κ3) is 4.48. The number of nitrogens with one attached hydrogen (secondary N) is 2. The Labute approximate surface area is 159 Å². The summed E-state index contributed by atoms with van der Waals surface area (Å²) in [5.74, 6) is -1.55. The van der Waals surface area contributed by atoms with Gasteiger partial charge in [0, 0.05) is 16.4 Å². The van der Waals surface area contributed by atoms with E-state index in [9.17, 15) is 14.0 Å². The molecule has 27 heavy (non-hydrogen) atoms. The maximum Gasteiger partial charge on any atom is 0.258 e. The molecule has 7 nitrogen and oxygen atoms in total. The van der Waals surface area contributed by atoms with Gasteiger partial charge < -0.3 is 10.6 Å². The molecule has 0 saturated carbocycles. The summed E-state index contributed by atoms with van der Waals surface area (Å²) in [6, 6.07) is 9.65. The maximum atomic E-state index is 13.7. The molecule has 0 aliphatic rings. The van der Waals surface area contributed by atoms with Crippen molar-refractivity contribution >= 4 is 34.8 Å². The number of benzene rings is 2. The van der Waals surface area contributed by atoms with E-state index in [1.165, 1.54) is 29.5 Å². The molecule has 0 aliphatic carbocycles. The fourth-order valence-corrected chi connectivity index (χ4v) is 2.46. The van der Waals surface area contributed by atoms with Crippen LogP contribution in [0.3, 0.4) is 0 Å². The molecular formula is C18H15ClFN5O2. The van der Waals surface area contributed by atoms with Crippen molar-refractivity contribution in [3.8, 4) is 0 Å². The van der Waals surface area contributed by atoms with Gasteiger partial charge in [0.1, 0.15) is 24.5 Å². The van der Waals surface area contributed by atoms with E-state index in [4.69, 9.17) is 11.6 Å². The summed E-state index contributed by atoms with van der Waals surface area (Å²) >= 11 is 5.80. The highest BCUT2D eigenvalue weighted by molar-refractivity contribution is 6.31. The van der Waals surface area contributed by atoms with Crippen molar-refractivity contribution in [2.45, 2.75) is 13.0 Å². The summed E-state index contributed by atoms with van der Waals surface area (Å²) in [4.78, 5) is 28.2. The number of carbonyl (C=O) groups is 2. The Morgan fingerprint density at radius 3 is 2.41 bits per heavy atom. The predicted molar refractivity (Wildman–Crippen MR) is 99.2 cm³/mol. The predicted octanol–water partition coefficient (Wildman–Crippen LogP) is 3.52. The standard InChI is InChI=1S/C18H15ClFN5O2/c1-11(25-10-21-9-22-25)17(26)23-13-3-5-14(6-4-13)24-18(27)15-8-12(19)2-7-16(15)20/h2-11H,1H3,(H,23,26)(H,24,27). The van der Waals surface area contributed by atoms with Crippen LogP contribution in [0.4, 0.5) is 15.8 Å². The van der Waals surface area contributed by atoms with E-state index in [1.54, 1.807) is 31.2 Å². The molecule has 0 radical (unpaired) electrons. The molecule has 1 atom stereocenters. The summed E-state index contributed by atoms with van der Waals surface area (Å²) in [6.45, 7) is 1.69. The highest BCUT2D eigenvalue weighted by Crippen LogP contribution is 2.19.